The number of ether oxygens (including phenoxy) is 1. The number of amides is 1. The molecule has 0 heterocycles. The molecule has 2 aromatic carbocycles. The highest BCUT2D eigenvalue weighted by atomic mass is 35.5. The minimum absolute atomic E-state index is 0.0884. The Bertz CT molecular complexity index is 778. The first kappa shape index (κ1) is 18.7. The maximum Gasteiger partial charge on any atom is 0.282 e. The average Bonchev–Trinajstić information content (AvgIpc) is 3.46. The van der Waals surface area contributed by atoms with Crippen LogP contribution in [0.4, 0.5) is 10.1 Å². The summed E-state index contributed by atoms with van der Waals surface area (Å²) in [6.07, 6.45) is 2.21. The molecule has 0 aromatic heterocycles. The van der Waals surface area contributed by atoms with Gasteiger partial charge in [0.05, 0.1) is 18.8 Å². The zero-order chi connectivity index (χ0) is 18.7. The average molecular weight is 378 g/mol. The molecular formula is C20H23ClFN2O2+. The van der Waals surface area contributed by atoms with Gasteiger partial charge in [0, 0.05) is 23.4 Å². The Labute approximate surface area is 157 Å². The zero-order valence-electron chi connectivity index (χ0n) is 14.9. The number of carbonyl (C=O) groups is 1. The maximum absolute atomic E-state index is 13.1. The van der Waals surface area contributed by atoms with Crippen LogP contribution in [0.25, 0.3) is 0 Å². The highest BCUT2D eigenvalue weighted by Gasteiger charge is 2.39. The third-order valence-electron chi connectivity index (χ3n) is 4.79. The quantitative estimate of drug-likeness (QED) is 0.778. The van der Waals surface area contributed by atoms with E-state index in [9.17, 15) is 9.18 Å². The van der Waals surface area contributed by atoms with Crippen LogP contribution in [0.1, 0.15) is 25.3 Å². The predicted molar refractivity (Wildman–Crippen MR) is 100 cm³/mol. The van der Waals surface area contributed by atoms with Crippen LogP contribution >= 0.6 is 11.6 Å². The summed E-state index contributed by atoms with van der Waals surface area (Å²) in [6.45, 7) is 2.61. The predicted octanol–water partition coefficient (Wildman–Crippen LogP) is 3.06. The molecule has 2 aromatic rings. The van der Waals surface area contributed by atoms with Gasteiger partial charge in [-0.2, -0.15) is 0 Å². The lowest BCUT2D eigenvalue weighted by atomic mass is 10.1. The van der Waals surface area contributed by atoms with Crippen molar-refractivity contribution in [3.8, 4) is 5.75 Å². The lowest BCUT2D eigenvalue weighted by Gasteiger charge is -2.25. The van der Waals surface area contributed by atoms with Crippen molar-refractivity contribution in [1.82, 2.24) is 0 Å². The van der Waals surface area contributed by atoms with Gasteiger partial charge in [-0.25, -0.2) is 4.39 Å². The van der Waals surface area contributed by atoms with E-state index >= 15 is 0 Å². The first-order valence-corrected chi connectivity index (χ1v) is 9.10. The second kappa shape index (κ2) is 8.06. The van der Waals surface area contributed by atoms with Crippen LogP contribution in [0.2, 0.25) is 5.02 Å². The van der Waals surface area contributed by atoms with Crippen LogP contribution in [0.15, 0.2) is 42.5 Å². The Morgan fingerprint density at radius 2 is 2.00 bits per heavy atom. The minimum Gasteiger partial charge on any atom is -0.495 e. The molecular weight excluding hydrogens is 355 g/mol. The van der Waals surface area contributed by atoms with E-state index in [-0.39, 0.29) is 17.8 Å². The highest BCUT2D eigenvalue weighted by molar-refractivity contribution is 6.31. The normalized spacial score (nSPS) is 16.0. The maximum atomic E-state index is 13.1. The van der Waals surface area contributed by atoms with Crippen molar-refractivity contribution in [2.24, 2.45) is 0 Å². The monoisotopic (exact) mass is 377 g/mol. The van der Waals surface area contributed by atoms with Crippen molar-refractivity contribution in [3.05, 3.63) is 58.9 Å². The molecule has 0 saturated heterocycles. The number of nitrogens with one attached hydrogen (secondary N) is 2. The SMILES string of the molecule is COc1ccc(Cl)cc1NC(=O)[C@H](C)[NH+](Cc1ccc(F)cc1)C1CC1. The van der Waals surface area contributed by atoms with Crippen LogP contribution in [0.5, 0.6) is 5.75 Å². The van der Waals surface area contributed by atoms with E-state index in [4.69, 9.17) is 16.3 Å². The smallest absolute Gasteiger partial charge is 0.282 e. The van der Waals surface area contributed by atoms with E-state index < -0.39 is 0 Å². The number of anilines is 1. The van der Waals surface area contributed by atoms with Gasteiger partial charge in [0.25, 0.3) is 5.91 Å². The van der Waals surface area contributed by atoms with Gasteiger partial charge in [-0.1, -0.05) is 23.7 Å². The summed E-state index contributed by atoms with van der Waals surface area (Å²) in [6, 6.07) is 11.8. The largest absolute Gasteiger partial charge is 0.495 e. The molecule has 1 fully saturated rings. The van der Waals surface area contributed by atoms with Crippen molar-refractivity contribution >= 4 is 23.2 Å². The fraction of sp³-hybridized carbons (Fsp3) is 0.350. The van der Waals surface area contributed by atoms with Crippen molar-refractivity contribution in [2.75, 3.05) is 12.4 Å². The van der Waals surface area contributed by atoms with E-state index in [0.29, 0.717) is 29.0 Å². The minimum atomic E-state index is -0.253. The molecule has 2 atom stereocenters. The molecule has 0 bridgehead atoms. The van der Waals surface area contributed by atoms with Crippen molar-refractivity contribution < 1.29 is 18.8 Å². The topological polar surface area (TPSA) is 42.8 Å². The molecule has 4 nitrogen and oxygen atoms in total. The number of hydrogen-bond donors (Lipinski definition) is 2. The summed E-state index contributed by atoms with van der Waals surface area (Å²) in [5.41, 5.74) is 1.59. The second-order valence-corrected chi connectivity index (χ2v) is 7.14. The Kier molecular flexibility index (Phi) is 5.79. The van der Waals surface area contributed by atoms with Crippen molar-refractivity contribution in [2.45, 2.75) is 38.4 Å². The summed E-state index contributed by atoms with van der Waals surface area (Å²) in [7, 11) is 1.55. The van der Waals surface area contributed by atoms with Gasteiger partial charge >= 0.3 is 0 Å². The lowest BCUT2D eigenvalue weighted by molar-refractivity contribution is -0.938. The van der Waals surface area contributed by atoms with Gasteiger partial charge in [-0.15, -0.1) is 0 Å². The molecule has 1 saturated carbocycles. The van der Waals surface area contributed by atoms with Crippen LogP contribution in [-0.2, 0) is 11.3 Å². The molecule has 0 spiro atoms. The standard InChI is InChI=1S/C20H22ClFN2O2/c1-13(20(25)23-18-11-15(21)5-10-19(18)26-2)24(17-8-9-17)12-14-3-6-16(22)7-4-14/h3-7,10-11,13,17H,8-9,12H2,1-2H3,(H,23,25)/p+1/t13-/m0/s1. The van der Waals surface area contributed by atoms with E-state index in [1.165, 1.54) is 17.0 Å². The summed E-state index contributed by atoms with van der Waals surface area (Å²) in [4.78, 5) is 14.0. The fourth-order valence-electron chi connectivity index (χ4n) is 3.13. The summed E-state index contributed by atoms with van der Waals surface area (Å²) >= 11 is 6.04. The van der Waals surface area contributed by atoms with Gasteiger partial charge in [-0.3, -0.25) is 4.79 Å². The zero-order valence-corrected chi connectivity index (χ0v) is 15.6. The summed E-state index contributed by atoms with van der Waals surface area (Å²) in [5.74, 6) is 0.233. The number of halogens is 2. The molecule has 6 heteroatoms. The molecule has 2 N–H and O–H groups in total. The molecule has 138 valence electrons. The molecule has 0 aliphatic heterocycles. The second-order valence-electron chi connectivity index (χ2n) is 6.71. The Hall–Kier alpha value is -2.11. The lowest BCUT2D eigenvalue weighted by Crippen LogP contribution is -3.16. The summed E-state index contributed by atoms with van der Waals surface area (Å²) in [5, 5.41) is 3.46. The third-order valence-corrected chi connectivity index (χ3v) is 5.03. The van der Waals surface area contributed by atoms with Crippen molar-refractivity contribution in [1.29, 1.82) is 0 Å². The van der Waals surface area contributed by atoms with Gasteiger partial charge in [0.15, 0.2) is 6.04 Å². The molecule has 0 radical (unpaired) electrons. The molecule has 1 amide bonds. The first-order chi connectivity index (χ1) is 12.5. The number of hydrogen-bond acceptors (Lipinski definition) is 2. The highest BCUT2D eigenvalue weighted by Crippen LogP contribution is 2.27. The Balaban J connectivity index is 1.72. The number of carbonyl (C=O) groups excluding carboxylic acids is 1. The van der Waals surface area contributed by atoms with E-state index in [1.54, 1.807) is 37.4 Å². The first-order valence-electron chi connectivity index (χ1n) is 8.72. The Morgan fingerprint density at radius 1 is 1.31 bits per heavy atom. The molecule has 1 aliphatic carbocycles. The van der Waals surface area contributed by atoms with E-state index in [1.807, 2.05) is 6.92 Å². The summed E-state index contributed by atoms with van der Waals surface area (Å²) < 4.78 is 18.4. The molecule has 1 aliphatic rings. The van der Waals surface area contributed by atoms with Gasteiger partial charge in [-0.05, 0) is 37.3 Å². The third kappa shape index (κ3) is 4.54. The number of benzene rings is 2. The van der Waals surface area contributed by atoms with Crippen LogP contribution in [0.3, 0.4) is 0 Å². The van der Waals surface area contributed by atoms with Crippen LogP contribution in [0, 0.1) is 5.82 Å². The van der Waals surface area contributed by atoms with Gasteiger partial charge in [0.2, 0.25) is 0 Å². The van der Waals surface area contributed by atoms with E-state index in [0.717, 1.165) is 18.4 Å². The molecule has 3 rings (SSSR count). The fourth-order valence-corrected chi connectivity index (χ4v) is 3.30. The Morgan fingerprint density at radius 3 is 2.62 bits per heavy atom. The van der Waals surface area contributed by atoms with Gasteiger partial charge in [0.1, 0.15) is 18.1 Å². The molecule has 1 unspecified atom stereocenters. The number of rotatable bonds is 7. The van der Waals surface area contributed by atoms with Crippen LogP contribution < -0.4 is 15.0 Å². The number of quaternary nitrogens is 1. The van der Waals surface area contributed by atoms with E-state index in [2.05, 4.69) is 5.32 Å². The van der Waals surface area contributed by atoms with Crippen molar-refractivity contribution in [3.63, 3.8) is 0 Å². The van der Waals surface area contributed by atoms with Crippen LogP contribution in [-0.4, -0.2) is 25.1 Å². The van der Waals surface area contributed by atoms with Gasteiger partial charge < -0.3 is 15.0 Å². The molecule has 26 heavy (non-hydrogen) atoms. The number of methoxy groups -OCH3 is 1.